The van der Waals surface area contributed by atoms with E-state index in [1.54, 1.807) is 0 Å². The normalized spacial score (nSPS) is 11.9. The quantitative estimate of drug-likeness (QED) is 0.175. The molecule has 0 spiro atoms. The minimum Gasteiger partial charge on any atom is -0.455 e. The molecule has 0 aliphatic rings. The van der Waals surface area contributed by atoms with Gasteiger partial charge in [-0.1, -0.05) is 115 Å². The number of rotatable bonds is 5. The molecule has 0 fully saturated rings. The maximum atomic E-state index is 6.75. The van der Waals surface area contributed by atoms with Crippen molar-refractivity contribution >= 4 is 85.0 Å². The summed E-state index contributed by atoms with van der Waals surface area (Å²) in [7, 11) is 0. The molecular weight excluding hydrogens is 735 g/mol. The van der Waals surface area contributed by atoms with Gasteiger partial charge in [0.05, 0.1) is 0 Å². The molecule has 0 radical (unpaired) electrons. The lowest BCUT2D eigenvalue weighted by Gasteiger charge is -2.11. The maximum absolute atomic E-state index is 6.75. The number of thiophene rings is 2. The summed E-state index contributed by atoms with van der Waals surface area (Å²) in [6, 6.07) is 62.0. The van der Waals surface area contributed by atoms with E-state index in [4.69, 9.17) is 19.4 Å². The highest BCUT2D eigenvalue weighted by atomic mass is 32.1. The fourth-order valence-corrected chi connectivity index (χ4v) is 10.4. The van der Waals surface area contributed by atoms with Crippen LogP contribution in [-0.4, -0.2) is 15.0 Å². The van der Waals surface area contributed by atoms with Gasteiger partial charge < -0.3 is 4.42 Å². The molecule has 4 heterocycles. The van der Waals surface area contributed by atoms with Gasteiger partial charge in [0.25, 0.3) is 0 Å². The Bertz CT molecular complexity index is 3540. The molecule has 12 aromatic rings. The number of para-hydroxylation sites is 1. The lowest BCUT2D eigenvalue weighted by Crippen LogP contribution is -2.00. The molecule has 0 atom stereocenters. The molecule has 0 amide bonds. The van der Waals surface area contributed by atoms with E-state index in [1.807, 2.05) is 46.9 Å². The van der Waals surface area contributed by atoms with Crippen molar-refractivity contribution in [2.24, 2.45) is 0 Å². The second kappa shape index (κ2) is 12.8. The monoisotopic (exact) mass is 763 g/mol. The zero-order valence-corrected chi connectivity index (χ0v) is 31.9. The molecular formula is C51H29N3OS2. The minimum atomic E-state index is 0.622. The van der Waals surface area contributed by atoms with E-state index < -0.39 is 0 Å². The average molecular weight is 764 g/mol. The molecule has 266 valence electrons. The molecule has 8 aromatic carbocycles. The fraction of sp³-hybridized carbons (Fsp3) is 0. The van der Waals surface area contributed by atoms with Crippen molar-refractivity contribution in [3.63, 3.8) is 0 Å². The van der Waals surface area contributed by atoms with E-state index in [9.17, 15) is 0 Å². The average Bonchev–Trinajstić information content (AvgIpc) is 3.97. The van der Waals surface area contributed by atoms with Crippen LogP contribution in [0.15, 0.2) is 180 Å². The van der Waals surface area contributed by atoms with E-state index in [0.717, 1.165) is 60.9 Å². The summed E-state index contributed by atoms with van der Waals surface area (Å²) in [5.41, 5.74) is 8.91. The molecule has 4 aromatic heterocycles. The number of hydrogen-bond acceptors (Lipinski definition) is 6. The van der Waals surface area contributed by atoms with Gasteiger partial charge in [-0.2, -0.15) is 0 Å². The van der Waals surface area contributed by atoms with Gasteiger partial charge in [0.1, 0.15) is 11.2 Å². The summed E-state index contributed by atoms with van der Waals surface area (Å²) >= 11 is 3.64. The number of fused-ring (bicyclic) bond motifs is 9. The lowest BCUT2D eigenvalue weighted by atomic mass is 9.93. The van der Waals surface area contributed by atoms with Crippen molar-refractivity contribution in [3.05, 3.63) is 176 Å². The first-order valence-corrected chi connectivity index (χ1v) is 20.6. The van der Waals surface area contributed by atoms with E-state index in [1.165, 1.54) is 40.3 Å². The summed E-state index contributed by atoms with van der Waals surface area (Å²) in [4.78, 5) is 15.3. The molecule has 6 heteroatoms. The van der Waals surface area contributed by atoms with Crippen LogP contribution < -0.4 is 0 Å². The molecule has 0 saturated carbocycles. The highest BCUT2D eigenvalue weighted by Gasteiger charge is 2.20. The van der Waals surface area contributed by atoms with Gasteiger partial charge >= 0.3 is 0 Å². The number of hydrogen-bond donors (Lipinski definition) is 0. The number of benzene rings is 8. The van der Waals surface area contributed by atoms with Gasteiger partial charge in [-0.3, -0.25) is 0 Å². The molecule has 4 nitrogen and oxygen atoms in total. The lowest BCUT2D eigenvalue weighted by molar-refractivity contribution is 0.670. The third kappa shape index (κ3) is 5.30. The van der Waals surface area contributed by atoms with Crippen LogP contribution in [-0.2, 0) is 0 Å². The van der Waals surface area contributed by atoms with Crippen LogP contribution in [0.25, 0.3) is 119 Å². The molecule has 12 rings (SSSR count). The van der Waals surface area contributed by atoms with Crippen molar-refractivity contribution in [1.82, 2.24) is 15.0 Å². The first-order chi connectivity index (χ1) is 28.2. The third-order valence-electron chi connectivity index (χ3n) is 10.9. The summed E-state index contributed by atoms with van der Waals surface area (Å²) in [5.74, 6) is 1.90. The van der Waals surface area contributed by atoms with Gasteiger partial charge in [-0.15, -0.1) is 22.7 Å². The van der Waals surface area contributed by atoms with Crippen LogP contribution in [0, 0.1) is 0 Å². The third-order valence-corrected chi connectivity index (χ3v) is 13.3. The summed E-state index contributed by atoms with van der Waals surface area (Å²) < 4.78 is 11.8. The van der Waals surface area contributed by atoms with E-state index in [2.05, 4.69) is 152 Å². The predicted molar refractivity (Wildman–Crippen MR) is 240 cm³/mol. The van der Waals surface area contributed by atoms with Gasteiger partial charge in [0.15, 0.2) is 17.5 Å². The van der Waals surface area contributed by atoms with Crippen LogP contribution >= 0.6 is 22.7 Å². The number of nitrogens with zero attached hydrogens (tertiary/aromatic N) is 3. The second-order valence-electron chi connectivity index (χ2n) is 14.3. The highest BCUT2D eigenvalue weighted by Crippen LogP contribution is 2.44. The van der Waals surface area contributed by atoms with Gasteiger partial charge in [0.2, 0.25) is 0 Å². The predicted octanol–water partition coefficient (Wildman–Crippen LogP) is 14.8. The minimum absolute atomic E-state index is 0.622. The first-order valence-electron chi connectivity index (χ1n) is 18.9. The number of aromatic nitrogens is 3. The first kappa shape index (κ1) is 32.3. The Kier molecular flexibility index (Phi) is 7.24. The van der Waals surface area contributed by atoms with E-state index in [0.29, 0.717) is 17.5 Å². The summed E-state index contributed by atoms with van der Waals surface area (Å²) in [6.45, 7) is 0. The number of furan rings is 1. The Labute approximate surface area is 335 Å². The molecule has 0 aliphatic heterocycles. The van der Waals surface area contributed by atoms with Crippen LogP contribution in [0.1, 0.15) is 0 Å². The van der Waals surface area contributed by atoms with E-state index >= 15 is 0 Å². The van der Waals surface area contributed by atoms with Crippen LogP contribution in [0.3, 0.4) is 0 Å². The topological polar surface area (TPSA) is 51.8 Å². The maximum Gasteiger partial charge on any atom is 0.164 e. The largest absolute Gasteiger partial charge is 0.455 e. The Morgan fingerprint density at radius 1 is 0.333 bits per heavy atom. The van der Waals surface area contributed by atoms with Gasteiger partial charge in [0, 0.05) is 73.4 Å². The van der Waals surface area contributed by atoms with Crippen LogP contribution in [0.5, 0.6) is 0 Å². The molecule has 0 aliphatic carbocycles. The Balaban J connectivity index is 1.02. The molecule has 0 bridgehead atoms. The summed E-state index contributed by atoms with van der Waals surface area (Å²) in [5, 5.41) is 7.18. The Morgan fingerprint density at radius 2 is 0.825 bits per heavy atom. The van der Waals surface area contributed by atoms with Crippen LogP contribution in [0.4, 0.5) is 0 Å². The molecule has 0 saturated heterocycles. The van der Waals surface area contributed by atoms with E-state index in [-0.39, 0.29) is 0 Å². The van der Waals surface area contributed by atoms with Crippen molar-refractivity contribution < 1.29 is 4.42 Å². The Hall–Kier alpha value is -6.99. The SMILES string of the molecule is c1ccc(-c2nc(-c3cccc(-c4ccc(-c5ccc6sc7ccccc7c6c5)c5oc6ccccc6c45)c3)nc(-c3ccc4sc5ccccc5c4c3)n2)cc1. The summed E-state index contributed by atoms with van der Waals surface area (Å²) in [6.07, 6.45) is 0. The Morgan fingerprint density at radius 3 is 1.54 bits per heavy atom. The van der Waals surface area contributed by atoms with Crippen molar-refractivity contribution in [2.45, 2.75) is 0 Å². The highest BCUT2D eigenvalue weighted by molar-refractivity contribution is 7.26. The zero-order valence-electron chi connectivity index (χ0n) is 30.3. The molecule has 0 unspecified atom stereocenters. The van der Waals surface area contributed by atoms with Crippen LogP contribution in [0.2, 0.25) is 0 Å². The van der Waals surface area contributed by atoms with Crippen molar-refractivity contribution in [3.8, 4) is 56.4 Å². The zero-order chi connectivity index (χ0) is 37.5. The van der Waals surface area contributed by atoms with Gasteiger partial charge in [-0.25, -0.2) is 15.0 Å². The van der Waals surface area contributed by atoms with Crippen molar-refractivity contribution in [1.29, 1.82) is 0 Å². The van der Waals surface area contributed by atoms with Crippen molar-refractivity contribution in [2.75, 3.05) is 0 Å². The van der Waals surface area contributed by atoms with Gasteiger partial charge in [-0.05, 0) is 77.4 Å². The molecule has 0 N–H and O–H groups in total. The smallest absolute Gasteiger partial charge is 0.164 e. The second-order valence-corrected chi connectivity index (χ2v) is 16.5. The fourth-order valence-electron chi connectivity index (χ4n) is 8.23. The standard InChI is InChI=1S/C51H29N3OS2/c1-2-11-30(12-3-1)49-52-50(54-51(53-49)34-22-26-46-41(29-34)38-16-6-9-20-44(38)57-46)33-14-10-13-31(27-33)35-23-24-36(48-47(35)39-17-4-7-18-42(39)55-48)32-21-25-45-40(28-32)37-15-5-8-19-43(37)56-45/h1-29H. The molecule has 57 heavy (non-hydrogen) atoms.